The number of anilines is 1. The van der Waals surface area contributed by atoms with Gasteiger partial charge in [-0.25, -0.2) is 0 Å². The lowest BCUT2D eigenvalue weighted by atomic mass is 10.1. The number of aromatic nitrogens is 2. The monoisotopic (exact) mass is 346 g/mol. The van der Waals surface area contributed by atoms with Crippen molar-refractivity contribution >= 4 is 28.3 Å². The highest BCUT2D eigenvalue weighted by atomic mass is 32.1. The van der Waals surface area contributed by atoms with Gasteiger partial charge in [-0.2, -0.15) is 0 Å². The highest BCUT2D eigenvalue weighted by Gasteiger charge is 2.11. The van der Waals surface area contributed by atoms with Gasteiger partial charge in [0, 0.05) is 12.0 Å². The van der Waals surface area contributed by atoms with Gasteiger partial charge in [0.1, 0.15) is 5.01 Å². The molecule has 7 heteroatoms. The fourth-order valence-corrected chi connectivity index (χ4v) is 3.06. The van der Waals surface area contributed by atoms with Gasteiger partial charge in [-0.05, 0) is 32.4 Å². The van der Waals surface area contributed by atoms with Gasteiger partial charge in [-0.3, -0.25) is 14.9 Å². The summed E-state index contributed by atoms with van der Waals surface area (Å²) in [5.41, 5.74) is 2.58. The Kier molecular flexibility index (Phi) is 6.43. The van der Waals surface area contributed by atoms with Gasteiger partial charge in [0.15, 0.2) is 0 Å². The molecule has 0 spiro atoms. The van der Waals surface area contributed by atoms with Crippen molar-refractivity contribution in [2.45, 2.75) is 40.0 Å². The van der Waals surface area contributed by atoms with E-state index in [1.54, 1.807) is 12.1 Å². The smallest absolute Gasteiger partial charge is 0.251 e. The summed E-state index contributed by atoms with van der Waals surface area (Å²) >= 11 is 1.37. The van der Waals surface area contributed by atoms with Gasteiger partial charge in [-0.1, -0.05) is 41.9 Å². The van der Waals surface area contributed by atoms with Crippen LogP contribution in [0.25, 0.3) is 0 Å². The zero-order chi connectivity index (χ0) is 17.5. The summed E-state index contributed by atoms with van der Waals surface area (Å²) in [6, 6.07) is 5.59. The Bertz CT molecular complexity index is 707. The number of nitrogens with zero attached hydrogens (tertiary/aromatic N) is 2. The van der Waals surface area contributed by atoms with E-state index in [2.05, 4.69) is 27.8 Å². The van der Waals surface area contributed by atoms with Crippen molar-refractivity contribution in [3.8, 4) is 0 Å². The zero-order valence-corrected chi connectivity index (χ0v) is 15.0. The fraction of sp³-hybridized carbons (Fsp3) is 0.412. The molecule has 0 saturated heterocycles. The molecule has 2 amide bonds. The van der Waals surface area contributed by atoms with E-state index in [4.69, 9.17) is 0 Å². The van der Waals surface area contributed by atoms with Crippen molar-refractivity contribution in [3.05, 3.63) is 39.9 Å². The number of carbonyl (C=O) groups excluding carboxylic acids is 2. The predicted octanol–water partition coefficient (Wildman–Crippen LogP) is 2.87. The molecule has 0 fully saturated rings. The molecule has 128 valence electrons. The SMILES string of the molecule is CCCCc1nnc(NC(=O)CNC(=O)c2cc(C)cc(C)c2)s1. The third-order valence-electron chi connectivity index (χ3n) is 3.35. The van der Waals surface area contributed by atoms with Crippen LogP contribution in [0.4, 0.5) is 5.13 Å². The third-order valence-corrected chi connectivity index (χ3v) is 4.25. The molecule has 2 rings (SSSR count). The Hall–Kier alpha value is -2.28. The Balaban J connectivity index is 1.84. The van der Waals surface area contributed by atoms with Gasteiger partial charge in [0.05, 0.1) is 6.54 Å². The van der Waals surface area contributed by atoms with Crippen LogP contribution >= 0.6 is 11.3 Å². The van der Waals surface area contributed by atoms with Crippen LogP contribution in [0.3, 0.4) is 0 Å². The lowest BCUT2D eigenvalue weighted by molar-refractivity contribution is -0.115. The standard InChI is InChI=1S/C17H22N4O2S/c1-4-5-6-15-20-21-17(24-15)19-14(22)10-18-16(23)13-8-11(2)7-12(3)9-13/h7-9H,4-6,10H2,1-3H3,(H,18,23)(H,19,21,22). The van der Waals surface area contributed by atoms with E-state index in [1.807, 2.05) is 19.9 Å². The molecule has 6 nitrogen and oxygen atoms in total. The zero-order valence-electron chi connectivity index (χ0n) is 14.2. The number of unbranched alkanes of at least 4 members (excludes halogenated alkanes) is 1. The van der Waals surface area contributed by atoms with Crippen LogP contribution in [0.15, 0.2) is 18.2 Å². The Morgan fingerprint density at radius 1 is 1.12 bits per heavy atom. The number of carbonyl (C=O) groups is 2. The first kappa shape index (κ1) is 18.1. The van der Waals surface area contributed by atoms with Gasteiger partial charge in [0.25, 0.3) is 5.91 Å². The van der Waals surface area contributed by atoms with Crippen molar-refractivity contribution in [2.24, 2.45) is 0 Å². The Labute approximate surface area is 145 Å². The number of aryl methyl sites for hydroxylation is 3. The molecule has 1 aromatic heterocycles. The first-order valence-corrected chi connectivity index (χ1v) is 8.78. The van der Waals surface area contributed by atoms with Crippen molar-refractivity contribution in [2.75, 3.05) is 11.9 Å². The first-order chi connectivity index (χ1) is 11.5. The van der Waals surface area contributed by atoms with E-state index in [0.29, 0.717) is 10.7 Å². The molecular weight excluding hydrogens is 324 g/mol. The molecule has 1 aromatic carbocycles. The molecule has 2 aromatic rings. The number of rotatable bonds is 7. The number of amides is 2. The van der Waals surface area contributed by atoms with Gasteiger partial charge < -0.3 is 5.32 Å². The summed E-state index contributed by atoms with van der Waals surface area (Å²) in [5, 5.41) is 14.6. The van der Waals surface area contributed by atoms with Crippen LogP contribution in [0.5, 0.6) is 0 Å². The summed E-state index contributed by atoms with van der Waals surface area (Å²) < 4.78 is 0. The minimum Gasteiger partial charge on any atom is -0.343 e. The minimum absolute atomic E-state index is 0.101. The highest BCUT2D eigenvalue weighted by molar-refractivity contribution is 7.15. The maximum Gasteiger partial charge on any atom is 0.251 e. The van der Waals surface area contributed by atoms with Crippen LogP contribution in [-0.4, -0.2) is 28.6 Å². The van der Waals surface area contributed by atoms with Crippen LogP contribution in [0.1, 0.15) is 46.3 Å². The van der Waals surface area contributed by atoms with Gasteiger partial charge in [-0.15, -0.1) is 10.2 Å². The van der Waals surface area contributed by atoms with Crippen molar-refractivity contribution in [3.63, 3.8) is 0 Å². The summed E-state index contributed by atoms with van der Waals surface area (Å²) in [4.78, 5) is 24.0. The maximum absolute atomic E-state index is 12.1. The molecule has 0 radical (unpaired) electrons. The third kappa shape index (κ3) is 5.42. The molecule has 24 heavy (non-hydrogen) atoms. The Morgan fingerprint density at radius 3 is 2.50 bits per heavy atom. The molecule has 1 heterocycles. The molecular formula is C17H22N4O2S. The minimum atomic E-state index is -0.314. The summed E-state index contributed by atoms with van der Waals surface area (Å²) in [7, 11) is 0. The second-order valence-corrected chi connectivity index (χ2v) is 6.77. The van der Waals surface area contributed by atoms with Crippen LogP contribution < -0.4 is 10.6 Å². The molecule has 2 N–H and O–H groups in total. The lowest BCUT2D eigenvalue weighted by Crippen LogP contribution is -2.32. The van der Waals surface area contributed by atoms with Crippen LogP contribution in [0.2, 0.25) is 0 Å². The van der Waals surface area contributed by atoms with Gasteiger partial charge >= 0.3 is 0 Å². The normalized spacial score (nSPS) is 10.5. The topological polar surface area (TPSA) is 84.0 Å². The molecule has 0 aliphatic heterocycles. The number of benzene rings is 1. The van der Waals surface area contributed by atoms with Crippen molar-refractivity contribution in [1.82, 2.24) is 15.5 Å². The van der Waals surface area contributed by atoms with Crippen LogP contribution in [0, 0.1) is 13.8 Å². The van der Waals surface area contributed by atoms with E-state index in [0.717, 1.165) is 35.4 Å². The van der Waals surface area contributed by atoms with E-state index in [-0.39, 0.29) is 18.4 Å². The second-order valence-electron chi connectivity index (χ2n) is 5.71. The van der Waals surface area contributed by atoms with Crippen molar-refractivity contribution in [1.29, 1.82) is 0 Å². The number of nitrogens with one attached hydrogen (secondary N) is 2. The van der Waals surface area contributed by atoms with Crippen LogP contribution in [-0.2, 0) is 11.2 Å². The molecule has 0 aliphatic rings. The molecule has 0 unspecified atom stereocenters. The van der Waals surface area contributed by atoms with Gasteiger partial charge in [0.2, 0.25) is 11.0 Å². The molecule has 0 bridgehead atoms. The lowest BCUT2D eigenvalue weighted by Gasteiger charge is -2.06. The quantitative estimate of drug-likeness (QED) is 0.807. The molecule has 0 atom stereocenters. The average Bonchev–Trinajstić information content (AvgIpc) is 2.97. The summed E-state index contributed by atoms with van der Waals surface area (Å²) in [6.07, 6.45) is 3.01. The van der Waals surface area contributed by atoms with Crippen molar-refractivity contribution < 1.29 is 9.59 Å². The summed E-state index contributed by atoms with van der Waals surface area (Å²) in [5.74, 6) is -0.580. The summed E-state index contributed by atoms with van der Waals surface area (Å²) in [6.45, 7) is 5.88. The number of hydrogen-bond donors (Lipinski definition) is 2. The van der Waals surface area contributed by atoms with E-state index in [1.165, 1.54) is 11.3 Å². The Morgan fingerprint density at radius 2 is 1.83 bits per heavy atom. The first-order valence-electron chi connectivity index (χ1n) is 7.96. The average molecular weight is 346 g/mol. The van der Waals surface area contributed by atoms with E-state index < -0.39 is 0 Å². The molecule has 0 aliphatic carbocycles. The second kappa shape index (κ2) is 8.54. The largest absolute Gasteiger partial charge is 0.343 e. The van der Waals surface area contributed by atoms with E-state index >= 15 is 0 Å². The predicted molar refractivity (Wildman–Crippen MR) is 95.4 cm³/mol. The maximum atomic E-state index is 12.1. The highest BCUT2D eigenvalue weighted by Crippen LogP contribution is 2.16. The number of hydrogen-bond acceptors (Lipinski definition) is 5. The fourth-order valence-electron chi connectivity index (χ4n) is 2.27. The molecule has 0 saturated carbocycles. The van der Waals surface area contributed by atoms with E-state index in [9.17, 15) is 9.59 Å².